The predicted octanol–water partition coefficient (Wildman–Crippen LogP) is 2.07. The Labute approximate surface area is 124 Å². The minimum absolute atomic E-state index is 0.0739. The molecule has 1 aliphatic rings. The Morgan fingerprint density at radius 1 is 1.52 bits per heavy atom. The number of aromatic hydroxyl groups is 1. The van der Waals surface area contributed by atoms with Crippen molar-refractivity contribution in [1.29, 1.82) is 0 Å². The normalized spacial score (nSPS) is 25.4. The van der Waals surface area contributed by atoms with Gasteiger partial charge in [-0.25, -0.2) is 0 Å². The van der Waals surface area contributed by atoms with E-state index in [1.165, 1.54) is 13.2 Å². The molecule has 0 saturated heterocycles. The highest BCUT2D eigenvalue weighted by Crippen LogP contribution is 2.32. The number of rotatable bonds is 4. The molecule has 2 atom stereocenters. The van der Waals surface area contributed by atoms with Crippen LogP contribution < -0.4 is 10.1 Å². The number of carbonyl (C=O) groups excluding carboxylic acids is 1. The summed E-state index contributed by atoms with van der Waals surface area (Å²) in [6.07, 6.45) is 3.53. The Balaban J connectivity index is 1.97. The van der Waals surface area contributed by atoms with Crippen LogP contribution in [-0.4, -0.2) is 35.4 Å². The second kappa shape index (κ2) is 6.35. The van der Waals surface area contributed by atoms with Crippen molar-refractivity contribution < 1.29 is 19.7 Å². The van der Waals surface area contributed by atoms with Crippen LogP contribution in [0.15, 0.2) is 18.2 Å². The van der Waals surface area contributed by atoms with Gasteiger partial charge in [0.15, 0.2) is 11.5 Å². The summed E-state index contributed by atoms with van der Waals surface area (Å²) in [7, 11) is 1.45. The summed E-state index contributed by atoms with van der Waals surface area (Å²) in [5, 5.41) is 22.9. The largest absolute Gasteiger partial charge is 0.504 e. The van der Waals surface area contributed by atoms with E-state index in [1.807, 2.05) is 0 Å². The molecule has 0 radical (unpaired) electrons. The summed E-state index contributed by atoms with van der Waals surface area (Å²) in [6, 6.07) is 4.49. The van der Waals surface area contributed by atoms with Crippen LogP contribution in [0.25, 0.3) is 0 Å². The molecule has 2 unspecified atom stereocenters. The predicted molar refractivity (Wildman–Crippen MR) is 79.6 cm³/mol. The third kappa shape index (κ3) is 3.88. The van der Waals surface area contributed by atoms with Gasteiger partial charge in [-0.1, -0.05) is 19.8 Å². The van der Waals surface area contributed by atoms with E-state index in [0.717, 1.165) is 12.8 Å². The second-order valence-corrected chi connectivity index (χ2v) is 6.00. The maximum absolute atomic E-state index is 12.1. The van der Waals surface area contributed by atoms with E-state index >= 15 is 0 Å². The van der Waals surface area contributed by atoms with E-state index in [0.29, 0.717) is 30.1 Å². The number of aliphatic hydroxyl groups is 1. The number of phenolic OH excluding ortho intramolecular Hbond substituents is 1. The van der Waals surface area contributed by atoms with Crippen LogP contribution in [-0.2, 0) is 0 Å². The van der Waals surface area contributed by atoms with Crippen molar-refractivity contribution in [3.05, 3.63) is 23.8 Å². The summed E-state index contributed by atoms with van der Waals surface area (Å²) < 4.78 is 4.94. The van der Waals surface area contributed by atoms with Gasteiger partial charge in [0.25, 0.3) is 5.91 Å². The molecule has 21 heavy (non-hydrogen) atoms. The zero-order chi connectivity index (χ0) is 15.5. The molecule has 0 heterocycles. The van der Waals surface area contributed by atoms with Gasteiger partial charge in [0.2, 0.25) is 0 Å². The number of methoxy groups -OCH3 is 1. The number of ether oxygens (including phenoxy) is 1. The fourth-order valence-electron chi connectivity index (χ4n) is 2.97. The van der Waals surface area contributed by atoms with Crippen LogP contribution in [0.2, 0.25) is 0 Å². The van der Waals surface area contributed by atoms with Gasteiger partial charge >= 0.3 is 0 Å². The molecule has 116 valence electrons. The fraction of sp³-hybridized carbons (Fsp3) is 0.562. The molecule has 0 spiro atoms. The molecule has 0 bridgehead atoms. The van der Waals surface area contributed by atoms with Gasteiger partial charge in [0.1, 0.15) is 0 Å². The highest BCUT2D eigenvalue weighted by atomic mass is 16.5. The first-order chi connectivity index (χ1) is 9.93. The lowest BCUT2D eigenvalue weighted by Gasteiger charge is -2.35. The number of benzene rings is 1. The van der Waals surface area contributed by atoms with Gasteiger partial charge in [-0.05, 0) is 37.0 Å². The lowest BCUT2D eigenvalue weighted by Crippen LogP contribution is -2.45. The average Bonchev–Trinajstić information content (AvgIpc) is 2.44. The molecule has 1 aromatic rings. The monoisotopic (exact) mass is 293 g/mol. The summed E-state index contributed by atoms with van der Waals surface area (Å²) in [6.45, 7) is 2.36. The number of nitrogens with one attached hydrogen (secondary N) is 1. The van der Waals surface area contributed by atoms with Crippen molar-refractivity contribution in [1.82, 2.24) is 5.32 Å². The van der Waals surface area contributed by atoms with E-state index in [1.54, 1.807) is 12.1 Å². The van der Waals surface area contributed by atoms with E-state index in [9.17, 15) is 15.0 Å². The molecule has 2 rings (SSSR count). The zero-order valence-electron chi connectivity index (χ0n) is 12.6. The molecule has 1 amide bonds. The van der Waals surface area contributed by atoms with Crippen LogP contribution in [0.3, 0.4) is 0 Å². The van der Waals surface area contributed by atoms with Crippen molar-refractivity contribution in [3.63, 3.8) is 0 Å². The highest BCUT2D eigenvalue weighted by molar-refractivity contribution is 5.94. The van der Waals surface area contributed by atoms with Gasteiger partial charge in [-0.15, -0.1) is 0 Å². The Hall–Kier alpha value is -1.75. The molecular formula is C16H23NO4. The number of hydrogen-bond donors (Lipinski definition) is 3. The standard InChI is InChI=1S/C16H23NO4/c1-11-4-3-7-16(20,9-11)10-17-15(19)12-5-6-14(21-2)13(18)8-12/h5-6,8,11,18,20H,3-4,7,9-10H2,1-2H3,(H,17,19). The lowest BCUT2D eigenvalue weighted by molar-refractivity contribution is -0.0109. The fourth-order valence-corrected chi connectivity index (χ4v) is 2.97. The van der Waals surface area contributed by atoms with Crippen molar-refractivity contribution in [2.24, 2.45) is 5.92 Å². The van der Waals surface area contributed by atoms with Gasteiger partial charge in [-0.3, -0.25) is 4.79 Å². The van der Waals surface area contributed by atoms with Crippen LogP contribution in [0.4, 0.5) is 0 Å². The molecule has 3 N–H and O–H groups in total. The van der Waals surface area contributed by atoms with E-state index in [4.69, 9.17) is 4.74 Å². The third-order valence-corrected chi connectivity index (χ3v) is 4.09. The summed E-state index contributed by atoms with van der Waals surface area (Å²) in [4.78, 5) is 12.1. The van der Waals surface area contributed by atoms with E-state index in [-0.39, 0.29) is 18.2 Å². The molecule has 5 nitrogen and oxygen atoms in total. The number of hydrogen-bond acceptors (Lipinski definition) is 4. The van der Waals surface area contributed by atoms with E-state index in [2.05, 4.69) is 12.2 Å². The molecule has 5 heteroatoms. The third-order valence-electron chi connectivity index (χ3n) is 4.09. The van der Waals surface area contributed by atoms with Crippen LogP contribution in [0, 0.1) is 5.92 Å². The molecule has 0 aromatic heterocycles. The average molecular weight is 293 g/mol. The number of amides is 1. The van der Waals surface area contributed by atoms with Crippen molar-refractivity contribution in [3.8, 4) is 11.5 Å². The lowest BCUT2D eigenvalue weighted by atomic mass is 9.79. The van der Waals surface area contributed by atoms with Crippen molar-refractivity contribution >= 4 is 5.91 Å². The molecule has 1 aromatic carbocycles. The quantitative estimate of drug-likeness (QED) is 0.794. The maximum Gasteiger partial charge on any atom is 0.251 e. The summed E-state index contributed by atoms with van der Waals surface area (Å²) in [5.74, 6) is 0.423. The van der Waals surface area contributed by atoms with Crippen molar-refractivity contribution in [2.45, 2.75) is 38.2 Å². The molecular weight excluding hydrogens is 270 g/mol. The maximum atomic E-state index is 12.1. The first-order valence-corrected chi connectivity index (χ1v) is 7.31. The second-order valence-electron chi connectivity index (χ2n) is 6.00. The molecule has 1 saturated carbocycles. The highest BCUT2D eigenvalue weighted by Gasteiger charge is 2.32. The van der Waals surface area contributed by atoms with Gasteiger partial charge < -0.3 is 20.3 Å². The smallest absolute Gasteiger partial charge is 0.251 e. The summed E-state index contributed by atoms with van der Waals surface area (Å²) >= 11 is 0. The Morgan fingerprint density at radius 2 is 2.29 bits per heavy atom. The minimum Gasteiger partial charge on any atom is -0.504 e. The first-order valence-electron chi connectivity index (χ1n) is 7.31. The van der Waals surface area contributed by atoms with Gasteiger partial charge in [0.05, 0.1) is 12.7 Å². The van der Waals surface area contributed by atoms with Crippen molar-refractivity contribution in [2.75, 3.05) is 13.7 Å². The minimum atomic E-state index is -0.818. The Bertz CT molecular complexity index is 517. The molecule has 1 fully saturated rings. The number of phenols is 1. The molecule has 0 aliphatic heterocycles. The van der Waals surface area contributed by atoms with Gasteiger partial charge in [-0.2, -0.15) is 0 Å². The topological polar surface area (TPSA) is 78.8 Å². The molecule has 1 aliphatic carbocycles. The summed E-state index contributed by atoms with van der Waals surface area (Å²) in [5.41, 5.74) is -0.470. The van der Waals surface area contributed by atoms with E-state index < -0.39 is 5.60 Å². The Kier molecular flexibility index (Phi) is 4.73. The first kappa shape index (κ1) is 15.6. The van der Waals surface area contributed by atoms with Gasteiger partial charge in [0, 0.05) is 12.1 Å². The van der Waals surface area contributed by atoms with Crippen LogP contribution >= 0.6 is 0 Å². The SMILES string of the molecule is COc1ccc(C(=O)NCC2(O)CCCC(C)C2)cc1O. The van der Waals surface area contributed by atoms with Crippen LogP contribution in [0.1, 0.15) is 43.0 Å². The zero-order valence-corrected chi connectivity index (χ0v) is 12.6. The Morgan fingerprint density at radius 3 is 2.90 bits per heavy atom. The number of carbonyl (C=O) groups is 1. The van der Waals surface area contributed by atoms with Crippen LogP contribution in [0.5, 0.6) is 11.5 Å².